The van der Waals surface area contributed by atoms with Gasteiger partial charge in [0.1, 0.15) is 22.8 Å². The Bertz CT molecular complexity index is 1920. The molecule has 10 nitrogen and oxygen atoms in total. The van der Waals surface area contributed by atoms with Gasteiger partial charge in [-0.15, -0.1) is 0 Å². The fourth-order valence-electron chi connectivity index (χ4n) is 4.77. The molecule has 0 atom stereocenters. The highest BCUT2D eigenvalue weighted by Crippen LogP contribution is 2.44. The number of nitrogens with zero attached hydrogens (tertiary/aromatic N) is 5. The SMILES string of the molecule is CC(C)(C)OC(=O)Nc1nc2c(-c3c(Cl)cc4c(ncc5cnn(C6CN(C(=O)O)C6)c54)c3F)c(F)cc(F)c2s1. The number of ether oxygens (including phenoxy) is 1. The molecule has 0 aliphatic carbocycles. The lowest BCUT2D eigenvalue weighted by molar-refractivity contribution is 0.0635. The summed E-state index contributed by atoms with van der Waals surface area (Å²) in [5.74, 6) is -3.03. The number of hydrogen-bond acceptors (Lipinski definition) is 7. The first kappa shape index (κ1) is 27.0. The van der Waals surface area contributed by atoms with E-state index in [1.807, 2.05) is 0 Å². The fraction of sp³-hybridized carbons (Fsp3) is 0.269. The van der Waals surface area contributed by atoms with E-state index in [0.29, 0.717) is 17.0 Å². The maximum Gasteiger partial charge on any atom is 0.413 e. The van der Waals surface area contributed by atoms with Gasteiger partial charge in [-0.1, -0.05) is 22.9 Å². The van der Waals surface area contributed by atoms with E-state index >= 15 is 8.78 Å². The Balaban J connectivity index is 1.49. The zero-order valence-electron chi connectivity index (χ0n) is 21.6. The second kappa shape index (κ2) is 9.45. The fourth-order valence-corrected chi connectivity index (χ4v) is 5.92. The van der Waals surface area contributed by atoms with Gasteiger partial charge in [0.05, 0.1) is 33.0 Å². The van der Waals surface area contributed by atoms with Gasteiger partial charge in [-0.3, -0.25) is 15.0 Å². The van der Waals surface area contributed by atoms with E-state index in [-0.39, 0.29) is 56.0 Å². The normalized spacial score (nSPS) is 14.2. The number of carbonyl (C=O) groups excluding carboxylic acids is 1. The zero-order chi connectivity index (χ0) is 29.4. The number of amides is 2. The number of benzene rings is 2. The lowest BCUT2D eigenvalue weighted by Crippen LogP contribution is -2.50. The lowest BCUT2D eigenvalue weighted by Gasteiger charge is -2.37. The summed E-state index contributed by atoms with van der Waals surface area (Å²) >= 11 is 7.30. The third-order valence-corrected chi connectivity index (χ3v) is 7.79. The Kier molecular flexibility index (Phi) is 6.23. The molecule has 2 N–H and O–H groups in total. The molecule has 1 aliphatic heterocycles. The minimum Gasteiger partial charge on any atom is -0.465 e. The number of nitrogens with one attached hydrogen (secondary N) is 1. The van der Waals surface area contributed by atoms with Crippen LogP contribution in [0.2, 0.25) is 5.02 Å². The molecule has 0 unspecified atom stereocenters. The quantitative estimate of drug-likeness (QED) is 0.232. The van der Waals surface area contributed by atoms with E-state index in [4.69, 9.17) is 16.3 Å². The number of carboxylic acid groups (broad SMARTS) is 1. The van der Waals surface area contributed by atoms with Crippen molar-refractivity contribution in [1.29, 1.82) is 0 Å². The smallest absolute Gasteiger partial charge is 0.413 e. The second-order valence-corrected chi connectivity index (χ2v) is 11.9. The van der Waals surface area contributed by atoms with Gasteiger partial charge >= 0.3 is 12.2 Å². The molecule has 212 valence electrons. The highest BCUT2D eigenvalue weighted by Gasteiger charge is 2.34. The molecular formula is C26H20ClF3N6O4S. The summed E-state index contributed by atoms with van der Waals surface area (Å²) < 4.78 is 53.0. The molecule has 15 heteroatoms. The van der Waals surface area contributed by atoms with E-state index in [1.165, 1.54) is 23.4 Å². The first-order valence-electron chi connectivity index (χ1n) is 12.2. The summed E-state index contributed by atoms with van der Waals surface area (Å²) in [5.41, 5.74) is -1.49. The van der Waals surface area contributed by atoms with Crippen LogP contribution in [-0.4, -0.2) is 60.6 Å². The maximum atomic E-state index is 16.2. The average molecular weight is 605 g/mol. The minimum absolute atomic E-state index is 0.0861. The topological polar surface area (TPSA) is 122 Å². The van der Waals surface area contributed by atoms with Gasteiger partial charge in [0.25, 0.3) is 0 Å². The van der Waals surface area contributed by atoms with Crippen LogP contribution in [0.15, 0.2) is 24.5 Å². The van der Waals surface area contributed by atoms with Crippen LogP contribution in [0.25, 0.3) is 43.1 Å². The number of rotatable bonds is 3. The first-order valence-corrected chi connectivity index (χ1v) is 13.4. The lowest BCUT2D eigenvalue weighted by atomic mass is 9.99. The number of halogens is 4. The van der Waals surface area contributed by atoms with Crippen molar-refractivity contribution in [3.63, 3.8) is 0 Å². The molecule has 6 rings (SSSR count). The monoisotopic (exact) mass is 604 g/mol. The summed E-state index contributed by atoms with van der Waals surface area (Å²) in [4.78, 5) is 33.1. The van der Waals surface area contributed by atoms with Gasteiger partial charge in [-0.05, 0) is 26.8 Å². The average Bonchev–Trinajstić information content (AvgIpc) is 3.43. The number of carbonyl (C=O) groups is 2. The van der Waals surface area contributed by atoms with Crippen LogP contribution in [-0.2, 0) is 4.74 Å². The van der Waals surface area contributed by atoms with Crippen molar-refractivity contribution in [3.8, 4) is 11.1 Å². The molecular weight excluding hydrogens is 585 g/mol. The van der Waals surface area contributed by atoms with E-state index in [0.717, 1.165) is 11.3 Å². The van der Waals surface area contributed by atoms with E-state index < -0.39 is 40.8 Å². The molecule has 2 amide bonds. The second-order valence-electron chi connectivity index (χ2n) is 10.5. The van der Waals surface area contributed by atoms with Crippen molar-refractivity contribution in [2.45, 2.75) is 32.4 Å². The van der Waals surface area contributed by atoms with Gasteiger partial charge in [-0.25, -0.2) is 27.7 Å². The van der Waals surface area contributed by atoms with Gasteiger partial charge in [0.2, 0.25) is 0 Å². The van der Waals surface area contributed by atoms with Crippen LogP contribution in [0.3, 0.4) is 0 Å². The largest absolute Gasteiger partial charge is 0.465 e. The Hall–Kier alpha value is -4.17. The molecule has 41 heavy (non-hydrogen) atoms. The van der Waals surface area contributed by atoms with Crippen LogP contribution in [0.5, 0.6) is 0 Å². The molecule has 2 aromatic carbocycles. The van der Waals surface area contributed by atoms with Crippen LogP contribution in [0.4, 0.5) is 27.9 Å². The van der Waals surface area contributed by atoms with Crippen molar-refractivity contribution >= 4 is 72.3 Å². The van der Waals surface area contributed by atoms with E-state index in [2.05, 4.69) is 20.4 Å². The molecule has 3 aromatic heterocycles. The van der Waals surface area contributed by atoms with Gasteiger partial charge in [0.15, 0.2) is 10.9 Å². The summed E-state index contributed by atoms with van der Waals surface area (Å²) in [6.07, 6.45) is 1.03. The van der Waals surface area contributed by atoms with Crippen molar-refractivity contribution in [1.82, 2.24) is 24.6 Å². The number of likely N-dealkylation sites (tertiary alicyclic amines) is 1. The number of hydrogen-bond donors (Lipinski definition) is 2. The molecule has 0 bridgehead atoms. The standard InChI is InChI=1S/C26H20ClF3N6O4S/c1-26(2,3)40-24(37)34-23-33-20-17(14(28)5-15(29)22(20)41-23)16-13(27)4-12-19(18(16)30)31-6-10-7-32-36(21(10)12)11-8-35(9-11)25(38)39/h4-7,11H,8-9H2,1-3H3,(H,38,39)(H,33,34,37). The number of pyridine rings is 1. The number of fused-ring (bicyclic) bond motifs is 4. The summed E-state index contributed by atoms with van der Waals surface area (Å²) in [6, 6.07) is 1.73. The predicted molar refractivity (Wildman–Crippen MR) is 147 cm³/mol. The third-order valence-electron chi connectivity index (χ3n) is 6.51. The molecule has 1 fully saturated rings. The molecule has 4 heterocycles. The molecule has 0 radical (unpaired) electrons. The maximum absolute atomic E-state index is 16.2. The van der Waals surface area contributed by atoms with Gasteiger partial charge in [0, 0.05) is 47.3 Å². The number of aromatic nitrogens is 4. The summed E-state index contributed by atoms with van der Waals surface area (Å²) in [6.45, 7) is 5.38. The Labute approximate surface area is 238 Å². The minimum atomic E-state index is -1.11. The zero-order valence-corrected chi connectivity index (χ0v) is 23.2. The van der Waals surface area contributed by atoms with Crippen LogP contribution in [0.1, 0.15) is 26.8 Å². The Morgan fingerprint density at radius 3 is 2.54 bits per heavy atom. The third kappa shape index (κ3) is 4.56. The Morgan fingerprint density at radius 2 is 1.85 bits per heavy atom. The van der Waals surface area contributed by atoms with E-state index in [1.54, 1.807) is 25.5 Å². The first-order chi connectivity index (χ1) is 19.3. The molecule has 5 aromatic rings. The number of anilines is 1. The van der Waals surface area contributed by atoms with E-state index in [9.17, 15) is 19.1 Å². The molecule has 0 saturated carbocycles. The molecule has 1 aliphatic rings. The van der Waals surface area contributed by atoms with Crippen molar-refractivity contribution in [3.05, 3.63) is 47.0 Å². The van der Waals surface area contributed by atoms with Gasteiger partial charge in [-0.2, -0.15) is 5.10 Å². The number of thiazole rings is 1. The highest BCUT2D eigenvalue weighted by molar-refractivity contribution is 7.22. The van der Waals surface area contributed by atoms with Crippen LogP contribution in [0, 0.1) is 17.5 Å². The van der Waals surface area contributed by atoms with Crippen LogP contribution < -0.4 is 5.32 Å². The highest BCUT2D eigenvalue weighted by atomic mass is 35.5. The summed E-state index contributed by atoms with van der Waals surface area (Å²) in [5, 5.41) is 16.5. The van der Waals surface area contributed by atoms with Crippen LogP contribution >= 0.6 is 22.9 Å². The Morgan fingerprint density at radius 1 is 1.12 bits per heavy atom. The van der Waals surface area contributed by atoms with Crippen molar-refractivity contribution < 1.29 is 32.6 Å². The van der Waals surface area contributed by atoms with Crippen molar-refractivity contribution in [2.75, 3.05) is 18.4 Å². The predicted octanol–water partition coefficient (Wildman–Crippen LogP) is 6.81. The molecule has 0 spiro atoms. The van der Waals surface area contributed by atoms with Crippen molar-refractivity contribution in [2.24, 2.45) is 0 Å². The van der Waals surface area contributed by atoms with Gasteiger partial charge < -0.3 is 14.7 Å². The summed E-state index contributed by atoms with van der Waals surface area (Å²) in [7, 11) is 0. The molecule has 1 saturated heterocycles.